The number of anilines is 2. The summed E-state index contributed by atoms with van der Waals surface area (Å²) in [5, 5.41) is 2.98. The minimum Gasteiger partial charge on any atom is -0.399 e. The van der Waals surface area contributed by atoms with Gasteiger partial charge in [-0.15, -0.1) is 0 Å². The first-order valence-corrected chi connectivity index (χ1v) is 6.75. The van der Waals surface area contributed by atoms with Gasteiger partial charge in [-0.1, -0.05) is 26.7 Å². The number of nitrogens with two attached hydrogens (primary N) is 1. The summed E-state index contributed by atoms with van der Waals surface area (Å²) in [4.78, 5) is 12.1. The highest BCUT2D eigenvalue weighted by molar-refractivity contribution is 5.92. The standard InChI is InChI=1S/C15H24N2O/c1-4-6-7-12(5-2)15(18)17-13-8-9-14(16)11(3)10-13/h8-10,12H,4-7,16H2,1-3H3,(H,17,18). The average Bonchev–Trinajstić information content (AvgIpc) is 2.35. The van der Waals surface area contributed by atoms with E-state index in [2.05, 4.69) is 19.2 Å². The normalized spacial score (nSPS) is 12.2. The summed E-state index contributed by atoms with van der Waals surface area (Å²) in [5.41, 5.74) is 8.34. The van der Waals surface area contributed by atoms with Gasteiger partial charge >= 0.3 is 0 Å². The van der Waals surface area contributed by atoms with E-state index in [4.69, 9.17) is 5.73 Å². The maximum atomic E-state index is 12.1. The van der Waals surface area contributed by atoms with Crippen molar-refractivity contribution in [1.29, 1.82) is 0 Å². The highest BCUT2D eigenvalue weighted by atomic mass is 16.1. The lowest BCUT2D eigenvalue weighted by molar-refractivity contribution is -0.120. The first-order valence-electron chi connectivity index (χ1n) is 6.75. The summed E-state index contributed by atoms with van der Waals surface area (Å²) in [6.07, 6.45) is 4.09. The Morgan fingerprint density at radius 1 is 1.39 bits per heavy atom. The minimum absolute atomic E-state index is 0.114. The Kier molecular flexibility index (Phi) is 5.69. The fourth-order valence-electron chi connectivity index (χ4n) is 1.97. The molecule has 100 valence electrons. The molecule has 1 atom stereocenters. The minimum atomic E-state index is 0.114. The van der Waals surface area contributed by atoms with Crippen molar-refractivity contribution in [1.82, 2.24) is 0 Å². The Labute approximate surface area is 110 Å². The van der Waals surface area contributed by atoms with Crippen LogP contribution in [0.25, 0.3) is 0 Å². The maximum absolute atomic E-state index is 12.1. The molecule has 1 amide bonds. The molecule has 3 heteroatoms. The lowest BCUT2D eigenvalue weighted by Gasteiger charge is -2.15. The molecule has 0 heterocycles. The van der Waals surface area contributed by atoms with Crippen LogP contribution < -0.4 is 11.1 Å². The molecule has 0 aliphatic carbocycles. The van der Waals surface area contributed by atoms with E-state index in [0.717, 1.165) is 42.6 Å². The van der Waals surface area contributed by atoms with Crippen LogP contribution in [-0.4, -0.2) is 5.91 Å². The second-order valence-corrected chi connectivity index (χ2v) is 4.81. The van der Waals surface area contributed by atoms with E-state index in [0.29, 0.717) is 0 Å². The molecule has 0 aliphatic rings. The molecule has 0 saturated carbocycles. The molecule has 1 aromatic rings. The second-order valence-electron chi connectivity index (χ2n) is 4.81. The van der Waals surface area contributed by atoms with Crippen molar-refractivity contribution in [3.8, 4) is 0 Å². The summed E-state index contributed by atoms with van der Waals surface area (Å²) in [5.74, 6) is 0.234. The molecule has 0 bridgehead atoms. The van der Waals surface area contributed by atoms with E-state index in [9.17, 15) is 4.79 Å². The SMILES string of the molecule is CCCCC(CC)C(=O)Nc1ccc(N)c(C)c1. The van der Waals surface area contributed by atoms with Gasteiger partial charge in [0.15, 0.2) is 0 Å². The predicted octanol–water partition coefficient (Wildman–Crippen LogP) is 3.73. The summed E-state index contributed by atoms with van der Waals surface area (Å²) < 4.78 is 0. The Morgan fingerprint density at radius 2 is 2.11 bits per heavy atom. The third kappa shape index (κ3) is 4.06. The molecule has 1 aromatic carbocycles. The molecule has 18 heavy (non-hydrogen) atoms. The molecule has 0 spiro atoms. The Balaban J connectivity index is 2.64. The monoisotopic (exact) mass is 248 g/mol. The van der Waals surface area contributed by atoms with E-state index in [1.165, 1.54) is 0 Å². The molecule has 0 saturated heterocycles. The van der Waals surface area contributed by atoms with Crippen LogP contribution in [0.1, 0.15) is 45.1 Å². The fraction of sp³-hybridized carbons (Fsp3) is 0.533. The van der Waals surface area contributed by atoms with Crippen LogP contribution >= 0.6 is 0 Å². The Morgan fingerprint density at radius 3 is 2.67 bits per heavy atom. The van der Waals surface area contributed by atoms with Crippen molar-refractivity contribution in [2.24, 2.45) is 5.92 Å². The van der Waals surface area contributed by atoms with Crippen molar-refractivity contribution < 1.29 is 4.79 Å². The van der Waals surface area contributed by atoms with Gasteiger partial charge in [0, 0.05) is 17.3 Å². The van der Waals surface area contributed by atoms with E-state index < -0.39 is 0 Å². The van der Waals surface area contributed by atoms with E-state index >= 15 is 0 Å². The summed E-state index contributed by atoms with van der Waals surface area (Å²) in [7, 11) is 0. The quantitative estimate of drug-likeness (QED) is 0.754. The highest BCUT2D eigenvalue weighted by Gasteiger charge is 2.15. The number of benzene rings is 1. The lowest BCUT2D eigenvalue weighted by Crippen LogP contribution is -2.22. The second kappa shape index (κ2) is 7.04. The first-order chi connectivity index (χ1) is 8.58. The van der Waals surface area contributed by atoms with Crippen molar-refractivity contribution >= 4 is 17.3 Å². The summed E-state index contributed by atoms with van der Waals surface area (Å²) in [6.45, 7) is 6.15. The largest absolute Gasteiger partial charge is 0.399 e. The number of hydrogen-bond donors (Lipinski definition) is 2. The van der Waals surface area contributed by atoms with Gasteiger partial charge in [0.2, 0.25) is 5.91 Å². The molecule has 0 radical (unpaired) electrons. The first kappa shape index (κ1) is 14.6. The molecule has 3 nitrogen and oxygen atoms in total. The number of amides is 1. The van der Waals surface area contributed by atoms with Crippen LogP contribution in [0.5, 0.6) is 0 Å². The number of carbonyl (C=O) groups is 1. The number of nitrogens with one attached hydrogen (secondary N) is 1. The van der Waals surface area contributed by atoms with Gasteiger partial charge in [-0.3, -0.25) is 4.79 Å². The van der Waals surface area contributed by atoms with Gasteiger partial charge in [-0.05, 0) is 43.5 Å². The Hall–Kier alpha value is -1.51. The number of nitrogen functional groups attached to an aromatic ring is 1. The van der Waals surface area contributed by atoms with Crippen molar-refractivity contribution in [3.05, 3.63) is 23.8 Å². The third-order valence-corrected chi connectivity index (χ3v) is 3.31. The topological polar surface area (TPSA) is 55.1 Å². The fourth-order valence-corrected chi connectivity index (χ4v) is 1.97. The zero-order valence-corrected chi connectivity index (χ0v) is 11.6. The van der Waals surface area contributed by atoms with Crippen molar-refractivity contribution in [2.45, 2.75) is 46.5 Å². The summed E-state index contributed by atoms with van der Waals surface area (Å²) >= 11 is 0. The molecular formula is C15H24N2O. The van der Waals surface area contributed by atoms with Gasteiger partial charge in [-0.2, -0.15) is 0 Å². The number of hydrogen-bond acceptors (Lipinski definition) is 2. The van der Waals surface area contributed by atoms with Gasteiger partial charge in [0.05, 0.1) is 0 Å². The molecule has 0 fully saturated rings. The molecule has 0 aliphatic heterocycles. The van der Waals surface area contributed by atoms with Gasteiger partial charge < -0.3 is 11.1 Å². The van der Waals surface area contributed by atoms with Gasteiger partial charge in [0.25, 0.3) is 0 Å². The van der Waals surface area contributed by atoms with Crippen LogP contribution in [0.4, 0.5) is 11.4 Å². The van der Waals surface area contributed by atoms with E-state index in [-0.39, 0.29) is 11.8 Å². The Bertz CT molecular complexity index is 401. The average molecular weight is 248 g/mol. The van der Waals surface area contributed by atoms with Gasteiger partial charge in [0.1, 0.15) is 0 Å². The van der Waals surface area contributed by atoms with Crippen LogP contribution in [0.15, 0.2) is 18.2 Å². The molecule has 0 aromatic heterocycles. The lowest BCUT2D eigenvalue weighted by atomic mass is 9.98. The van der Waals surface area contributed by atoms with Crippen LogP contribution in [0, 0.1) is 12.8 Å². The van der Waals surface area contributed by atoms with Crippen LogP contribution in [0.3, 0.4) is 0 Å². The van der Waals surface area contributed by atoms with E-state index in [1.54, 1.807) is 0 Å². The smallest absolute Gasteiger partial charge is 0.227 e. The number of carbonyl (C=O) groups excluding carboxylic acids is 1. The van der Waals surface area contributed by atoms with E-state index in [1.807, 2.05) is 25.1 Å². The zero-order valence-electron chi connectivity index (χ0n) is 11.6. The van der Waals surface area contributed by atoms with Crippen LogP contribution in [0.2, 0.25) is 0 Å². The third-order valence-electron chi connectivity index (χ3n) is 3.31. The molecule has 1 rings (SSSR count). The number of aryl methyl sites for hydroxylation is 1. The van der Waals surface area contributed by atoms with Crippen molar-refractivity contribution in [2.75, 3.05) is 11.1 Å². The predicted molar refractivity (Wildman–Crippen MR) is 77.5 cm³/mol. The zero-order chi connectivity index (χ0) is 13.5. The van der Waals surface area contributed by atoms with Crippen molar-refractivity contribution in [3.63, 3.8) is 0 Å². The van der Waals surface area contributed by atoms with Gasteiger partial charge in [-0.25, -0.2) is 0 Å². The van der Waals surface area contributed by atoms with Crippen LogP contribution in [-0.2, 0) is 4.79 Å². The molecule has 1 unspecified atom stereocenters. The highest BCUT2D eigenvalue weighted by Crippen LogP contribution is 2.19. The molecular weight excluding hydrogens is 224 g/mol. The molecule has 3 N–H and O–H groups in total. The summed E-state index contributed by atoms with van der Waals surface area (Å²) in [6, 6.07) is 5.60. The number of unbranched alkanes of at least 4 members (excludes halogenated alkanes) is 1. The number of rotatable bonds is 6. The maximum Gasteiger partial charge on any atom is 0.227 e.